The lowest BCUT2D eigenvalue weighted by molar-refractivity contribution is -0.137. The number of rotatable bonds is 3. The third-order valence-corrected chi connectivity index (χ3v) is 2.84. The molecule has 5 heteroatoms. The van der Waals surface area contributed by atoms with Crippen molar-refractivity contribution < 1.29 is 18.0 Å². The van der Waals surface area contributed by atoms with Gasteiger partial charge in [-0.2, -0.15) is 13.2 Å². The van der Waals surface area contributed by atoms with Gasteiger partial charge < -0.3 is 4.84 Å². The highest BCUT2D eigenvalue weighted by molar-refractivity contribution is 5.37. The van der Waals surface area contributed by atoms with Crippen LogP contribution >= 0.6 is 0 Å². The number of hydrogen-bond donors (Lipinski definition) is 0. The molecule has 0 aromatic heterocycles. The normalized spacial score (nSPS) is 12.0. The summed E-state index contributed by atoms with van der Waals surface area (Å²) in [5, 5.41) is 3.32. The molecule has 1 unspecified atom stereocenters. The minimum atomic E-state index is -4.37. The van der Waals surface area contributed by atoms with Crippen molar-refractivity contribution in [1.29, 1.82) is 0 Å². The fraction of sp³-hybridized carbons (Fsp3) is 0.118. The quantitative estimate of drug-likeness (QED) is 0.467. The Bertz CT molecular complexity index is 682. The van der Waals surface area contributed by atoms with Gasteiger partial charge in [0.25, 0.3) is 0 Å². The van der Waals surface area contributed by atoms with E-state index in [1.54, 1.807) is 0 Å². The summed E-state index contributed by atoms with van der Waals surface area (Å²) in [6.45, 7) is 3.22. The Morgan fingerprint density at radius 2 is 1.64 bits per heavy atom. The topological polar surface area (TPSA) is 21.6 Å². The lowest BCUT2D eigenvalue weighted by Gasteiger charge is -2.11. The molecule has 2 aromatic rings. The van der Waals surface area contributed by atoms with E-state index in [4.69, 9.17) is 4.84 Å². The van der Waals surface area contributed by atoms with Crippen LogP contribution in [0.1, 0.15) is 22.8 Å². The van der Waals surface area contributed by atoms with Crippen molar-refractivity contribution >= 4 is 6.72 Å². The van der Waals surface area contributed by atoms with E-state index in [2.05, 4.69) is 23.7 Å². The van der Waals surface area contributed by atoms with Crippen LogP contribution in [-0.2, 0) is 11.0 Å². The molecule has 0 heterocycles. The van der Waals surface area contributed by atoms with Gasteiger partial charge in [0.2, 0.25) is 6.10 Å². The average Bonchev–Trinajstić information content (AvgIpc) is 2.52. The van der Waals surface area contributed by atoms with Gasteiger partial charge in [0.1, 0.15) is 0 Å². The van der Waals surface area contributed by atoms with Crippen molar-refractivity contribution in [2.45, 2.75) is 12.3 Å². The maximum absolute atomic E-state index is 12.6. The van der Waals surface area contributed by atoms with E-state index in [0.29, 0.717) is 5.56 Å². The van der Waals surface area contributed by atoms with Gasteiger partial charge in [-0.3, -0.25) is 0 Å². The van der Waals surface area contributed by atoms with Crippen molar-refractivity contribution in [2.75, 3.05) is 0 Å². The highest BCUT2D eigenvalue weighted by atomic mass is 19.4. The molecule has 0 bridgehead atoms. The molecule has 2 rings (SSSR count). The second-order valence-corrected chi connectivity index (χ2v) is 4.37. The fourth-order valence-corrected chi connectivity index (χ4v) is 1.76. The zero-order valence-electron chi connectivity index (χ0n) is 11.5. The van der Waals surface area contributed by atoms with E-state index in [1.807, 2.05) is 30.3 Å². The van der Waals surface area contributed by atoms with Crippen LogP contribution in [0.25, 0.3) is 0 Å². The van der Waals surface area contributed by atoms with Crippen LogP contribution in [0.5, 0.6) is 0 Å². The Hall–Kier alpha value is -2.74. The molecule has 0 saturated heterocycles. The number of halogens is 3. The summed E-state index contributed by atoms with van der Waals surface area (Å²) >= 11 is 0. The lowest BCUT2D eigenvalue weighted by atomic mass is 10.1. The third kappa shape index (κ3) is 4.13. The van der Waals surface area contributed by atoms with Gasteiger partial charge in [-0.15, -0.1) is 5.16 Å². The van der Waals surface area contributed by atoms with E-state index < -0.39 is 17.8 Å². The van der Waals surface area contributed by atoms with Crippen molar-refractivity contribution in [2.24, 2.45) is 5.16 Å². The number of nitrogens with zero attached hydrogens (tertiary/aromatic N) is 1. The SMILES string of the molecule is C=NOC(C#Cc1ccccc1)c1ccc(C(F)(F)F)cc1. The van der Waals surface area contributed by atoms with E-state index in [9.17, 15) is 13.2 Å². The molecule has 0 saturated carbocycles. The standard InChI is InChI=1S/C17H12F3NO/c1-21-22-16(12-7-13-5-3-2-4-6-13)14-8-10-15(11-9-14)17(18,19)20/h2-6,8-11,16H,1H2. The molecule has 0 radical (unpaired) electrons. The second kappa shape index (κ2) is 6.81. The number of alkyl halides is 3. The number of oxime groups is 1. The summed E-state index contributed by atoms with van der Waals surface area (Å²) in [6.07, 6.45) is -5.15. The maximum Gasteiger partial charge on any atom is 0.416 e. The minimum Gasteiger partial charge on any atom is -0.375 e. The molecule has 0 spiro atoms. The Morgan fingerprint density at radius 1 is 1.00 bits per heavy atom. The third-order valence-electron chi connectivity index (χ3n) is 2.84. The Balaban J connectivity index is 2.25. The van der Waals surface area contributed by atoms with Gasteiger partial charge >= 0.3 is 6.18 Å². The molecule has 2 aromatic carbocycles. The van der Waals surface area contributed by atoms with Gasteiger partial charge in [-0.25, -0.2) is 0 Å². The molecule has 22 heavy (non-hydrogen) atoms. The van der Waals surface area contributed by atoms with Gasteiger partial charge in [-0.1, -0.05) is 36.3 Å². The highest BCUT2D eigenvalue weighted by Crippen LogP contribution is 2.30. The number of benzene rings is 2. The largest absolute Gasteiger partial charge is 0.416 e. The minimum absolute atomic E-state index is 0.476. The summed E-state index contributed by atoms with van der Waals surface area (Å²) < 4.78 is 37.7. The van der Waals surface area contributed by atoms with Crippen LogP contribution in [-0.4, -0.2) is 6.72 Å². The molecule has 1 atom stereocenters. The summed E-state index contributed by atoms with van der Waals surface area (Å²) in [5.74, 6) is 5.71. The maximum atomic E-state index is 12.6. The highest BCUT2D eigenvalue weighted by Gasteiger charge is 2.30. The van der Waals surface area contributed by atoms with Crippen LogP contribution in [0.15, 0.2) is 59.8 Å². The summed E-state index contributed by atoms with van der Waals surface area (Å²) in [5.41, 5.74) is 0.522. The van der Waals surface area contributed by atoms with Crippen molar-refractivity contribution in [3.63, 3.8) is 0 Å². The smallest absolute Gasteiger partial charge is 0.375 e. The molecule has 0 aliphatic heterocycles. The molecule has 0 aliphatic carbocycles. The molecule has 0 amide bonds. The lowest BCUT2D eigenvalue weighted by Crippen LogP contribution is -2.05. The predicted molar refractivity (Wildman–Crippen MR) is 78.1 cm³/mol. The molecule has 0 N–H and O–H groups in total. The first kappa shape index (κ1) is 15.6. The van der Waals surface area contributed by atoms with Crippen LogP contribution in [0.4, 0.5) is 13.2 Å². The first-order valence-electron chi connectivity index (χ1n) is 6.36. The van der Waals surface area contributed by atoms with E-state index in [1.165, 1.54) is 12.1 Å². The van der Waals surface area contributed by atoms with Crippen LogP contribution < -0.4 is 0 Å². The second-order valence-electron chi connectivity index (χ2n) is 4.37. The molecule has 0 aliphatic rings. The Labute approximate surface area is 126 Å². The molecule has 2 nitrogen and oxygen atoms in total. The first-order valence-corrected chi connectivity index (χ1v) is 6.36. The molecule has 112 valence electrons. The zero-order chi connectivity index (χ0) is 16.0. The summed E-state index contributed by atoms with van der Waals surface area (Å²) in [4.78, 5) is 5.03. The zero-order valence-corrected chi connectivity index (χ0v) is 11.5. The van der Waals surface area contributed by atoms with Gasteiger partial charge in [-0.05, 0) is 30.2 Å². The van der Waals surface area contributed by atoms with Crippen LogP contribution in [0.3, 0.4) is 0 Å². The monoisotopic (exact) mass is 303 g/mol. The Morgan fingerprint density at radius 3 is 2.18 bits per heavy atom. The first-order chi connectivity index (χ1) is 10.5. The molecular formula is C17H12F3NO. The summed E-state index contributed by atoms with van der Waals surface area (Å²) in [7, 11) is 0. The molecule has 0 fully saturated rings. The average molecular weight is 303 g/mol. The van der Waals surface area contributed by atoms with Crippen molar-refractivity contribution in [3.8, 4) is 11.8 Å². The number of hydrogen-bond acceptors (Lipinski definition) is 2. The summed E-state index contributed by atoms with van der Waals surface area (Å²) in [6, 6.07) is 13.8. The van der Waals surface area contributed by atoms with E-state index in [-0.39, 0.29) is 0 Å². The van der Waals surface area contributed by atoms with E-state index in [0.717, 1.165) is 17.7 Å². The van der Waals surface area contributed by atoms with Gasteiger partial charge in [0.05, 0.1) is 5.56 Å². The van der Waals surface area contributed by atoms with Gasteiger partial charge in [0, 0.05) is 17.8 Å². The van der Waals surface area contributed by atoms with Crippen molar-refractivity contribution in [3.05, 3.63) is 71.3 Å². The predicted octanol–water partition coefficient (Wildman–Crippen LogP) is 4.43. The van der Waals surface area contributed by atoms with Crippen LogP contribution in [0.2, 0.25) is 0 Å². The van der Waals surface area contributed by atoms with Gasteiger partial charge in [0.15, 0.2) is 0 Å². The van der Waals surface area contributed by atoms with E-state index >= 15 is 0 Å². The van der Waals surface area contributed by atoms with Crippen LogP contribution in [0, 0.1) is 11.8 Å². The molecular weight excluding hydrogens is 291 g/mol. The Kier molecular flexibility index (Phi) is 4.84. The van der Waals surface area contributed by atoms with Crippen molar-refractivity contribution in [1.82, 2.24) is 0 Å². The fourth-order valence-electron chi connectivity index (χ4n) is 1.76.